The van der Waals surface area contributed by atoms with Crippen LogP contribution in [0, 0.1) is 0 Å². The summed E-state index contributed by atoms with van der Waals surface area (Å²) in [6.07, 6.45) is 1.20. The largest absolute Gasteiger partial charge is 0.344 e. The standard InChI is InChI=1S/C14H19N3O3S/c1-17-8-6-12(14(17)18)16-21(19,20)13-4-2-3-10-9-15-7-5-11(10)13/h2-4,12,15-16H,5-9H2,1H3. The Morgan fingerprint density at radius 1 is 1.38 bits per heavy atom. The van der Waals surface area contributed by atoms with Crippen molar-refractivity contribution >= 4 is 15.9 Å². The predicted molar refractivity (Wildman–Crippen MR) is 78.2 cm³/mol. The minimum Gasteiger partial charge on any atom is -0.344 e. The van der Waals surface area contributed by atoms with Gasteiger partial charge in [0.15, 0.2) is 0 Å². The number of sulfonamides is 1. The number of rotatable bonds is 3. The van der Waals surface area contributed by atoms with Crippen LogP contribution in [-0.2, 0) is 27.8 Å². The zero-order chi connectivity index (χ0) is 15.0. The number of likely N-dealkylation sites (tertiary alicyclic amines) is 1. The molecule has 0 aromatic heterocycles. The van der Waals surface area contributed by atoms with Crippen molar-refractivity contribution in [2.45, 2.75) is 30.3 Å². The lowest BCUT2D eigenvalue weighted by Gasteiger charge is -2.21. The van der Waals surface area contributed by atoms with E-state index in [1.807, 2.05) is 6.07 Å². The van der Waals surface area contributed by atoms with Crippen LogP contribution in [0.3, 0.4) is 0 Å². The molecule has 2 heterocycles. The SMILES string of the molecule is CN1CCC(NS(=O)(=O)c2cccc3c2CCNC3)C1=O. The average molecular weight is 309 g/mol. The van der Waals surface area contributed by atoms with E-state index < -0.39 is 16.1 Å². The quantitative estimate of drug-likeness (QED) is 0.813. The third kappa shape index (κ3) is 2.68. The van der Waals surface area contributed by atoms with Gasteiger partial charge in [-0.2, -0.15) is 4.72 Å². The molecule has 3 rings (SSSR count). The number of amides is 1. The summed E-state index contributed by atoms with van der Waals surface area (Å²) in [5.74, 6) is -0.162. The van der Waals surface area contributed by atoms with Crippen LogP contribution < -0.4 is 10.0 Å². The van der Waals surface area contributed by atoms with Gasteiger partial charge in [0.1, 0.15) is 6.04 Å². The van der Waals surface area contributed by atoms with Crippen LogP contribution in [0.15, 0.2) is 23.1 Å². The van der Waals surface area contributed by atoms with E-state index in [1.165, 1.54) is 0 Å². The van der Waals surface area contributed by atoms with Crippen molar-refractivity contribution in [3.05, 3.63) is 29.3 Å². The first-order valence-electron chi connectivity index (χ1n) is 7.08. The van der Waals surface area contributed by atoms with Crippen LogP contribution >= 0.6 is 0 Å². The number of likely N-dealkylation sites (N-methyl/N-ethyl adjacent to an activating group) is 1. The summed E-state index contributed by atoms with van der Waals surface area (Å²) < 4.78 is 27.8. The van der Waals surface area contributed by atoms with E-state index in [2.05, 4.69) is 10.0 Å². The maximum Gasteiger partial charge on any atom is 0.241 e. The fourth-order valence-electron chi connectivity index (χ4n) is 2.93. The van der Waals surface area contributed by atoms with Crippen molar-refractivity contribution in [1.82, 2.24) is 14.9 Å². The molecule has 2 aliphatic rings. The van der Waals surface area contributed by atoms with E-state index in [0.29, 0.717) is 30.8 Å². The summed E-state index contributed by atoms with van der Waals surface area (Å²) >= 11 is 0. The highest BCUT2D eigenvalue weighted by molar-refractivity contribution is 7.89. The van der Waals surface area contributed by atoms with E-state index in [-0.39, 0.29) is 5.91 Å². The predicted octanol–water partition coefficient (Wildman–Crippen LogP) is -0.159. The van der Waals surface area contributed by atoms with Gasteiger partial charge >= 0.3 is 0 Å². The number of carbonyl (C=O) groups is 1. The first-order valence-corrected chi connectivity index (χ1v) is 8.56. The number of benzene rings is 1. The van der Waals surface area contributed by atoms with Gasteiger partial charge in [-0.3, -0.25) is 4.79 Å². The van der Waals surface area contributed by atoms with Crippen molar-refractivity contribution in [2.75, 3.05) is 20.1 Å². The second-order valence-electron chi connectivity index (χ2n) is 5.54. The van der Waals surface area contributed by atoms with E-state index in [0.717, 1.165) is 17.7 Å². The topological polar surface area (TPSA) is 78.5 Å². The molecule has 0 radical (unpaired) electrons. The monoisotopic (exact) mass is 309 g/mol. The molecule has 0 bridgehead atoms. The Kier molecular flexibility index (Phi) is 3.73. The number of nitrogens with zero attached hydrogens (tertiary/aromatic N) is 1. The minimum atomic E-state index is -3.67. The van der Waals surface area contributed by atoms with Crippen LogP contribution in [0.1, 0.15) is 17.5 Å². The molecule has 7 heteroatoms. The van der Waals surface area contributed by atoms with Gasteiger partial charge in [0.05, 0.1) is 4.90 Å². The third-order valence-corrected chi connectivity index (χ3v) is 5.67. The number of nitrogens with one attached hydrogen (secondary N) is 2. The second kappa shape index (κ2) is 5.40. The molecule has 1 atom stereocenters. The lowest BCUT2D eigenvalue weighted by molar-refractivity contribution is -0.127. The highest BCUT2D eigenvalue weighted by Crippen LogP contribution is 2.23. The van der Waals surface area contributed by atoms with Gasteiger partial charge < -0.3 is 10.2 Å². The summed E-state index contributed by atoms with van der Waals surface area (Å²) in [5.41, 5.74) is 1.88. The number of hydrogen-bond donors (Lipinski definition) is 2. The first kappa shape index (κ1) is 14.5. The molecule has 1 fully saturated rings. The van der Waals surface area contributed by atoms with Crippen LogP contribution in [0.2, 0.25) is 0 Å². The van der Waals surface area contributed by atoms with Gasteiger partial charge in [-0.05, 0) is 36.6 Å². The number of fused-ring (bicyclic) bond motifs is 1. The Hall–Kier alpha value is -1.44. The molecular weight excluding hydrogens is 290 g/mol. The minimum absolute atomic E-state index is 0.162. The highest BCUT2D eigenvalue weighted by atomic mass is 32.2. The molecule has 0 spiro atoms. The maximum atomic E-state index is 12.6. The molecule has 21 heavy (non-hydrogen) atoms. The zero-order valence-electron chi connectivity index (χ0n) is 11.9. The average Bonchev–Trinajstić information content (AvgIpc) is 2.78. The van der Waals surface area contributed by atoms with Gasteiger partial charge in [-0.1, -0.05) is 12.1 Å². The Labute approximate surface area is 124 Å². The van der Waals surface area contributed by atoms with Crippen LogP contribution in [0.5, 0.6) is 0 Å². The molecule has 0 saturated carbocycles. The highest BCUT2D eigenvalue weighted by Gasteiger charge is 2.34. The Morgan fingerprint density at radius 2 is 2.19 bits per heavy atom. The van der Waals surface area contributed by atoms with Crippen LogP contribution in [0.4, 0.5) is 0 Å². The molecule has 1 unspecified atom stereocenters. The van der Waals surface area contributed by atoms with E-state index in [4.69, 9.17) is 0 Å². The second-order valence-corrected chi connectivity index (χ2v) is 7.23. The van der Waals surface area contributed by atoms with Crippen molar-refractivity contribution in [1.29, 1.82) is 0 Å². The Morgan fingerprint density at radius 3 is 2.90 bits per heavy atom. The van der Waals surface area contributed by atoms with Crippen molar-refractivity contribution in [2.24, 2.45) is 0 Å². The van der Waals surface area contributed by atoms with Crippen LogP contribution in [0.25, 0.3) is 0 Å². The molecule has 114 valence electrons. The summed E-state index contributed by atoms with van der Waals surface area (Å²) in [6, 6.07) is 4.67. The third-order valence-electron chi connectivity index (χ3n) is 4.11. The summed E-state index contributed by atoms with van der Waals surface area (Å²) in [5, 5.41) is 3.23. The van der Waals surface area contributed by atoms with Crippen LogP contribution in [-0.4, -0.2) is 45.4 Å². The molecule has 0 aliphatic carbocycles. The molecule has 6 nitrogen and oxygen atoms in total. The van der Waals surface area contributed by atoms with E-state index >= 15 is 0 Å². The van der Waals surface area contributed by atoms with Gasteiger partial charge in [0, 0.05) is 20.1 Å². The zero-order valence-corrected chi connectivity index (χ0v) is 12.7. The number of carbonyl (C=O) groups excluding carboxylic acids is 1. The lowest BCUT2D eigenvalue weighted by atomic mass is 10.0. The Balaban J connectivity index is 1.91. The molecule has 1 saturated heterocycles. The van der Waals surface area contributed by atoms with Gasteiger partial charge in [0.25, 0.3) is 0 Å². The normalized spacial score (nSPS) is 22.4. The fraction of sp³-hybridized carbons (Fsp3) is 0.500. The van der Waals surface area contributed by atoms with Crippen molar-refractivity contribution in [3.63, 3.8) is 0 Å². The lowest BCUT2D eigenvalue weighted by Crippen LogP contribution is -2.41. The fourth-order valence-corrected chi connectivity index (χ4v) is 4.47. The van der Waals surface area contributed by atoms with Gasteiger partial charge in [0.2, 0.25) is 15.9 Å². The summed E-state index contributed by atoms with van der Waals surface area (Å²) in [4.78, 5) is 13.8. The van der Waals surface area contributed by atoms with Crippen molar-refractivity contribution in [3.8, 4) is 0 Å². The molecular formula is C14H19N3O3S. The number of hydrogen-bond acceptors (Lipinski definition) is 4. The maximum absolute atomic E-state index is 12.6. The van der Waals surface area contributed by atoms with Crippen molar-refractivity contribution < 1.29 is 13.2 Å². The molecule has 1 aromatic rings. The smallest absolute Gasteiger partial charge is 0.241 e. The molecule has 1 amide bonds. The van der Waals surface area contributed by atoms with E-state index in [1.54, 1.807) is 24.1 Å². The summed E-state index contributed by atoms with van der Waals surface area (Å²) in [6.45, 7) is 2.04. The summed E-state index contributed by atoms with van der Waals surface area (Å²) in [7, 11) is -1.98. The first-order chi connectivity index (χ1) is 9.99. The van der Waals surface area contributed by atoms with Gasteiger partial charge in [-0.15, -0.1) is 0 Å². The molecule has 2 N–H and O–H groups in total. The molecule has 2 aliphatic heterocycles. The van der Waals surface area contributed by atoms with E-state index in [9.17, 15) is 13.2 Å². The Bertz CT molecular complexity index is 672. The molecule has 1 aromatic carbocycles. The van der Waals surface area contributed by atoms with Gasteiger partial charge in [-0.25, -0.2) is 8.42 Å².